The summed E-state index contributed by atoms with van der Waals surface area (Å²) in [4.78, 5) is 35.9. The quantitative estimate of drug-likeness (QED) is 0.661. The molecule has 0 aliphatic rings. The van der Waals surface area contributed by atoms with Crippen molar-refractivity contribution in [2.75, 3.05) is 25.6 Å². The highest BCUT2D eigenvalue weighted by Gasteiger charge is 2.19. The number of aliphatic carboxylic acids is 1. The number of benzene rings is 1. The first-order valence-corrected chi connectivity index (χ1v) is 8.65. The summed E-state index contributed by atoms with van der Waals surface area (Å²) in [5, 5.41) is 13.3. The van der Waals surface area contributed by atoms with Gasteiger partial charge in [-0.3, -0.25) is 9.59 Å². The minimum absolute atomic E-state index is 0.227. The van der Waals surface area contributed by atoms with Crippen molar-refractivity contribution in [3.63, 3.8) is 0 Å². The molecule has 0 fully saturated rings. The second-order valence-electron chi connectivity index (χ2n) is 5.28. The fraction of sp³-hybridized carbons (Fsp3) is 0.278. The molecule has 2 aromatic rings. The molecule has 0 unspecified atom stereocenters. The van der Waals surface area contributed by atoms with Crippen molar-refractivity contribution in [2.45, 2.75) is 13.3 Å². The molecule has 1 heterocycles. The molecule has 138 valence electrons. The number of hydrogen-bond donors (Lipinski definition) is 1. The molecule has 0 aliphatic carbocycles. The van der Waals surface area contributed by atoms with Crippen LogP contribution < -0.4 is 15.2 Å². The number of ether oxygens (including phenoxy) is 2. The smallest absolute Gasteiger partial charge is 0.251 e. The molecule has 1 amide bonds. The van der Waals surface area contributed by atoms with E-state index in [0.29, 0.717) is 28.3 Å². The van der Waals surface area contributed by atoms with Crippen LogP contribution in [0, 0.1) is 0 Å². The van der Waals surface area contributed by atoms with E-state index in [2.05, 4.69) is 5.32 Å². The van der Waals surface area contributed by atoms with Crippen molar-refractivity contribution in [1.82, 2.24) is 0 Å². The average molecular weight is 376 g/mol. The molecule has 1 N–H and O–H groups in total. The maximum absolute atomic E-state index is 12.8. The van der Waals surface area contributed by atoms with Gasteiger partial charge in [-0.2, -0.15) is 0 Å². The number of aryl methyl sites for hydroxylation is 1. The third kappa shape index (κ3) is 5.14. The molecular formula is C18H18NO6S-. The number of nitrogens with one attached hydrogen (secondary N) is 1. The summed E-state index contributed by atoms with van der Waals surface area (Å²) in [6, 6.07) is 8.42. The predicted molar refractivity (Wildman–Crippen MR) is 94.6 cm³/mol. The van der Waals surface area contributed by atoms with Crippen LogP contribution in [0.15, 0.2) is 30.3 Å². The first-order valence-electron chi connectivity index (χ1n) is 7.83. The van der Waals surface area contributed by atoms with E-state index in [9.17, 15) is 19.5 Å². The van der Waals surface area contributed by atoms with Crippen LogP contribution >= 0.6 is 11.3 Å². The van der Waals surface area contributed by atoms with Gasteiger partial charge in [0.15, 0.2) is 5.78 Å². The van der Waals surface area contributed by atoms with Gasteiger partial charge in [0.1, 0.15) is 17.4 Å². The van der Waals surface area contributed by atoms with Gasteiger partial charge in [-0.1, -0.05) is 6.92 Å². The van der Waals surface area contributed by atoms with Gasteiger partial charge in [-0.25, -0.2) is 0 Å². The summed E-state index contributed by atoms with van der Waals surface area (Å²) >= 11 is 1.30. The van der Waals surface area contributed by atoms with Gasteiger partial charge in [-0.05, 0) is 36.8 Å². The first-order chi connectivity index (χ1) is 12.4. The standard InChI is InChI=1S/C18H19NO6S/c1-3-13-8-14(17(23)11-4-6-12(24-2)7-5-11)18(26-13)19-15(20)9-25-10-16(21)22/h4-8H,3,9-10H2,1-2H3,(H,19,20)(H,21,22)/p-1. The van der Waals surface area contributed by atoms with Crippen LogP contribution in [0.1, 0.15) is 27.7 Å². The number of methoxy groups -OCH3 is 1. The lowest BCUT2D eigenvalue weighted by atomic mass is 10.0. The zero-order chi connectivity index (χ0) is 19.1. The number of amides is 1. The van der Waals surface area contributed by atoms with E-state index in [1.54, 1.807) is 37.4 Å². The molecule has 0 atom stereocenters. The van der Waals surface area contributed by atoms with E-state index in [1.807, 2.05) is 6.92 Å². The summed E-state index contributed by atoms with van der Waals surface area (Å²) in [6.07, 6.45) is 0.713. The number of carboxylic acid groups (broad SMARTS) is 1. The Morgan fingerprint density at radius 1 is 1.15 bits per heavy atom. The fourth-order valence-electron chi connectivity index (χ4n) is 2.17. The van der Waals surface area contributed by atoms with Crippen LogP contribution in [0.2, 0.25) is 0 Å². The first kappa shape index (κ1) is 19.6. The minimum atomic E-state index is -1.41. The summed E-state index contributed by atoms with van der Waals surface area (Å²) < 4.78 is 9.78. The largest absolute Gasteiger partial charge is 0.548 e. The van der Waals surface area contributed by atoms with Gasteiger partial charge in [0, 0.05) is 10.4 Å². The van der Waals surface area contributed by atoms with Gasteiger partial charge in [0.2, 0.25) is 0 Å². The highest BCUT2D eigenvalue weighted by Crippen LogP contribution is 2.31. The maximum Gasteiger partial charge on any atom is 0.251 e. The molecule has 0 saturated heterocycles. The van der Waals surface area contributed by atoms with Crippen LogP contribution in [0.5, 0.6) is 5.75 Å². The predicted octanol–water partition coefficient (Wildman–Crippen LogP) is 1.26. The number of anilines is 1. The van der Waals surface area contributed by atoms with Gasteiger partial charge in [0.05, 0.1) is 25.2 Å². The lowest BCUT2D eigenvalue weighted by Gasteiger charge is -2.07. The molecule has 26 heavy (non-hydrogen) atoms. The number of carbonyl (C=O) groups excluding carboxylic acids is 3. The van der Waals surface area contributed by atoms with Gasteiger partial charge in [-0.15, -0.1) is 11.3 Å². The topological polar surface area (TPSA) is 105 Å². The third-order valence-corrected chi connectivity index (χ3v) is 4.63. The fourth-order valence-corrected chi connectivity index (χ4v) is 3.18. The van der Waals surface area contributed by atoms with Crippen molar-refractivity contribution >= 4 is 34.0 Å². The zero-order valence-corrected chi connectivity index (χ0v) is 15.2. The highest BCUT2D eigenvalue weighted by atomic mass is 32.1. The Morgan fingerprint density at radius 2 is 1.85 bits per heavy atom. The van der Waals surface area contributed by atoms with E-state index < -0.39 is 25.1 Å². The van der Waals surface area contributed by atoms with Crippen molar-refractivity contribution in [3.05, 3.63) is 46.3 Å². The Morgan fingerprint density at radius 3 is 2.42 bits per heavy atom. The number of ketones is 1. The monoisotopic (exact) mass is 376 g/mol. The van der Waals surface area contributed by atoms with Crippen LogP contribution in [0.4, 0.5) is 5.00 Å². The minimum Gasteiger partial charge on any atom is -0.548 e. The molecule has 0 saturated carbocycles. The SMILES string of the molecule is CCc1cc(C(=O)c2ccc(OC)cc2)c(NC(=O)COCC(=O)[O-])s1. The maximum atomic E-state index is 12.8. The summed E-state index contributed by atoms with van der Waals surface area (Å²) in [6.45, 7) is 0.835. The molecule has 8 heteroatoms. The number of hydrogen-bond acceptors (Lipinski definition) is 7. The Bertz CT molecular complexity index is 797. The Balaban J connectivity index is 2.17. The number of thiophene rings is 1. The lowest BCUT2D eigenvalue weighted by molar-refractivity contribution is -0.309. The van der Waals surface area contributed by atoms with E-state index in [-0.39, 0.29) is 5.78 Å². The second-order valence-corrected chi connectivity index (χ2v) is 6.42. The molecule has 0 radical (unpaired) electrons. The number of carboxylic acids is 1. The van der Waals surface area contributed by atoms with Crippen LogP contribution in [-0.4, -0.2) is 38.0 Å². The Hall–Kier alpha value is -2.71. The van der Waals surface area contributed by atoms with Crippen molar-refractivity contribution < 1.29 is 29.0 Å². The van der Waals surface area contributed by atoms with E-state index in [1.165, 1.54) is 11.3 Å². The molecule has 7 nitrogen and oxygen atoms in total. The third-order valence-electron chi connectivity index (χ3n) is 3.43. The summed E-state index contributed by atoms with van der Waals surface area (Å²) in [5.74, 6) is -1.54. The zero-order valence-electron chi connectivity index (χ0n) is 14.4. The molecular weight excluding hydrogens is 358 g/mol. The van der Waals surface area contributed by atoms with E-state index in [0.717, 1.165) is 4.88 Å². The molecule has 0 spiro atoms. The molecule has 0 aliphatic heterocycles. The summed E-state index contributed by atoms with van der Waals surface area (Å²) in [5.41, 5.74) is 0.847. The second kappa shape index (κ2) is 9.12. The number of carbonyl (C=O) groups is 3. The van der Waals surface area contributed by atoms with Crippen molar-refractivity contribution in [2.24, 2.45) is 0 Å². The normalized spacial score (nSPS) is 10.4. The van der Waals surface area contributed by atoms with Crippen LogP contribution in [-0.2, 0) is 20.7 Å². The number of rotatable bonds is 9. The lowest BCUT2D eigenvalue weighted by Crippen LogP contribution is -2.29. The van der Waals surface area contributed by atoms with Gasteiger partial charge in [0.25, 0.3) is 5.91 Å². The van der Waals surface area contributed by atoms with Crippen LogP contribution in [0.3, 0.4) is 0 Å². The van der Waals surface area contributed by atoms with Gasteiger partial charge < -0.3 is 24.7 Å². The van der Waals surface area contributed by atoms with Crippen LogP contribution in [0.25, 0.3) is 0 Å². The molecule has 1 aromatic carbocycles. The Kier molecular flexibility index (Phi) is 6.88. The Labute approximate surface area is 154 Å². The van der Waals surface area contributed by atoms with E-state index in [4.69, 9.17) is 9.47 Å². The van der Waals surface area contributed by atoms with Crippen molar-refractivity contribution in [3.8, 4) is 5.75 Å². The van der Waals surface area contributed by atoms with Crippen molar-refractivity contribution in [1.29, 1.82) is 0 Å². The molecule has 0 bridgehead atoms. The van der Waals surface area contributed by atoms with E-state index >= 15 is 0 Å². The molecule has 2 rings (SSSR count). The molecule has 1 aromatic heterocycles. The average Bonchev–Trinajstić information content (AvgIpc) is 3.03. The van der Waals surface area contributed by atoms with Gasteiger partial charge >= 0.3 is 0 Å². The summed E-state index contributed by atoms with van der Waals surface area (Å²) in [7, 11) is 1.54. The highest BCUT2D eigenvalue weighted by molar-refractivity contribution is 7.16.